The van der Waals surface area contributed by atoms with E-state index in [1.165, 1.54) is 24.3 Å². The Morgan fingerprint density at radius 1 is 1.07 bits per heavy atom. The summed E-state index contributed by atoms with van der Waals surface area (Å²) in [5, 5.41) is 0. The summed E-state index contributed by atoms with van der Waals surface area (Å²) in [5.74, 6) is -0.765. The summed E-state index contributed by atoms with van der Waals surface area (Å²) in [5.41, 5.74) is 0.934. The van der Waals surface area contributed by atoms with Crippen LogP contribution < -0.4 is 4.72 Å². The van der Waals surface area contributed by atoms with Gasteiger partial charge in [-0.1, -0.05) is 36.4 Å². The summed E-state index contributed by atoms with van der Waals surface area (Å²) in [6.45, 7) is 0.147. The van der Waals surface area contributed by atoms with E-state index >= 15 is 0 Å². The molecule has 27 heavy (non-hydrogen) atoms. The van der Waals surface area contributed by atoms with Crippen molar-refractivity contribution in [3.63, 3.8) is 0 Å². The zero-order valence-corrected chi connectivity index (χ0v) is 15.6. The number of carbonyl (C=O) groups is 2. The third-order valence-electron chi connectivity index (χ3n) is 4.44. The van der Waals surface area contributed by atoms with Gasteiger partial charge in [-0.25, -0.2) is 17.9 Å². The number of sulfonamides is 1. The van der Waals surface area contributed by atoms with E-state index in [1.54, 1.807) is 0 Å². The number of ketones is 1. The average molecular weight is 387 g/mol. The molecule has 1 aliphatic carbocycles. The summed E-state index contributed by atoms with van der Waals surface area (Å²) in [7, 11) is -3.78. The molecule has 1 atom stereocenters. The van der Waals surface area contributed by atoms with Crippen LogP contribution in [-0.4, -0.2) is 26.3 Å². The Morgan fingerprint density at radius 2 is 1.85 bits per heavy atom. The molecule has 1 fully saturated rings. The van der Waals surface area contributed by atoms with Gasteiger partial charge in [-0.15, -0.1) is 0 Å². The molecule has 1 aliphatic rings. The summed E-state index contributed by atoms with van der Waals surface area (Å²) >= 11 is 0. The molecule has 2 aromatic rings. The first-order chi connectivity index (χ1) is 13.0. The van der Waals surface area contributed by atoms with Crippen molar-refractivity contribution in [1.29, 1.82) is 0 Å². The number of benzene rings is 2. The fourth-order valence-electron chi connectivity index (χ4n) is 2.92. The van der Waals surface area contributed by atoms with E-state index in [0.29, 0.717) is 12.8 Å². The van der Waals surface area contributed by atoms with Crippen LogP contribution in [0.25, 0.3) is 0 Å². The van der Waals surface area contributed by atoms with Gasteiger partial charge >= 0.3 is 5.97 Å². The monoisotopic (exact) mass is 387 g/mol. The number of nitrogens with one attached hydrogen (secondary N) is 1. The molecule has 1 saturated carbocycles. The summed E-state index contributed by atoms with van der Waals surface area (Å²) in [4.78, 5) is 24.1. The van der Waals surface area contributed by atoms with Gasteiger partial charge in [0.1, 0.15) is 0 Å². The smallest absolute Gasteiger partial charge is 0.338 e. The lowest BCUT2D eigenvalue weighted by atomic mass is 9.96. The molecule has 0 saturated heterocycles. The second kappa shape index (κ2) is 8.45. The number of rotatable bonds is 6. The molecule has 0 radical (unpaired) electrons. The third-order valence-corrected chi connectivity index (χ3v) is 5.84. The average Bonchev–Trinajstić information content (AvgIpc) is 2.69. The molecule has 142 valence electrons. The number of ether oxygens (including phenoxy) is 1. The minimum Gasteiger partial charge on any atom is -0.451 e. The molecule has 0 unspecified atom stereocenters. The molecular weight excluding hydrogens is 366 g/mol. The Balaban J connectivity index is 1.70. The van der Waals surface area contributed by atoms with Crippen molar-refractivity contribution in [2.45, 2.75) is 43.2 Å². The van der Waals surface area contributed by atoms with Crippen molar-refractivity contribution < 1.29 is 22.7 Å². The molecule has 1 N–H and O–H groups in total. The second-order valence-electron chi connectivity index (χ2n) is 6.44. The lowest BCUT2D eigenvalue weighted by Crippen LogP contribution is -2.30. The van der Waals surface area contributed by atoms with Gasteiger partial charge in [-0.2, -0.15) is 0 Å². The molecule has 0 aromatic heterocycles. The maximum atomic E-state index is 12.5. The van der Waals surface area contributed by atoms with Crippen molar-refractivity contribution in [2.24, 2.45) is 0 Å². The molecule has 3 rings (SSSR count). The predicted octanol–water partition coefficient (Wildman–Crippen LogP) is 2.83. The van der Waals surface area contributed by atoms with Gasteiger partial charge in [0.05, 0.1) is 10.5 Å². The van der Waals surface area contributed by atoms with E-state index in [-0.39, 0.29) is 22.8 Å². The van der Waals surface area contributed by atoms with E-state index in [4.69, 9.17) is 4.74 Å². The van der Waals surface area contributed by atoms with Crippen molar-refractivity contribution >= 4 is 21.8 Å². The lowest BCUT2D eigenvalue weighted by Gasteiger charge is -2.20. The van der Waals surface area contributed by atoms with Crippen molar-refractivity contribution in [3.8, 4) is 0 Å². The number of esters is 1. The van der Waals surface area contributed by atoms with Crippen LogP contribution in [-0.2, 0) is 26.1 Å². The van der Waals surface area contributed by atoms with Gasteiger partial charge in [0, 0.05) is 13.0 Å². The van der Waals surface area contributed by atoms with Crippen LogP contribution in [0.15, 0.2) is 59.5 Å². The van der Waals surface area contributed by atoms with Crippen LogP contribution in [0.5, 0.6) is 0 Å². The Morgan fingerprint density at radius 3 is 2.59 bits per heavy atom. The minimum atomic E-state index is -3.78. The Kier molecular flexibility index (Phi) is 6.03. The Bertz CT molecular complexity index is 924. The zero-order chi connectivity index (χ0) is 19.3. The summed E-state index contributed by atoms with van der Waals surface area (Å²) < 4.78 is 32.8. The van der Waals surface area contributed by atoms with Crippen LogP contribution >= 0.6 is 0 Å². The van der Waals surface area contributed by atoms with Gasteiger partial charge < -0.3 is 4.74 Å². The van der Waals surface area contributed by atoms with E-state index < -0.39 is 22.1 Å². The SMILES string of the molecule is O=C(O[C@@H]1CCCCC1=O)c1cccc(S(=O)(=O)NCc2ccccc2)c1. The van der Waals surface area contributed by atoms with E-state index in [0.717, 1.165) is 18.4 Å². The second-order valence-corrected chi connectivity index (χ2v) is 8.21. The molecule has 0 bridgehead atoms. The fraction of sp³-hybridized carbons (Fsp3) is 0.300. The molecule has 0 heterocycles. The maximum absolute atomic E-state index is 12.5. The predicted molar refractivity (Wildman–Crippen MR) is 99.6 cm³/mol. The largest absolute Gasteiger partial charge is 0.451 e. The normalized spacial score (nSPS) is 17.5. The molecule has 2 aromatic carbocycles. The molecule has 7 heteroatoms. The topological polar surface area (TPSA) is 89.5 Å². The van der Waals surface area contributed by atoms with Crippen LogP contribution in [0.4, 0.5) is 0 Å². The molecule has 0 spiro atoms. The number of hydrogen-bond donors (Lipinski definition) is 1. The van der Waals surface area contributed by atoms with E-state index in [9.17, 15) is 18.0 Å². The standard InChI is InChI=1S/C20H21NO5S/c22-18-11-4-5-12-19(18)26-20(23)16-9-6-10-17(13-16)27(24,25)21-14-15-7-2-1-3-8-15/h1-3,6-10,13,19,21H,4-5,11-12,14H2/t19-/m1/s1. The van der Waals surface area contributed by atoms with Crippen molar-refractivity contribution in [3.05, 3.63) is 65.7 Å². The first-order valence-electron chi connectivity index (χ1n) is 8.83. The number of Topliss-reactive ketones (excluding diaryl/α,β-unsaturated/α-hetero) is 1. The molecular formula is C20H21NO5S. The van der Waals surface area contributed by atoms with Crippen LogP contribution in [0, 0.1) is 0 Å². The van der Waals surface area contributed by atoms with Crippen molar-refractivity contribution in [1.82, 2.24) is 4.72 Å². The highest BCUT2D eigenvalue weighted by Gasteiger charge is 2.26. The zero-order valence-electron chi connectivity index (χ0n) is 14.8. The van der Waals surface area contributed by atoms with Gasteiger partial charge in [0.2, 0.25) is 10.0 Å². The molecule has 0 amide bonds. The highest BCUT2D eigenvalue weighted by atomic mass is 32.2. The van der Waals surface area contributed by atoms with E-state index in [1.807, 2.05) is 30.3 Å². The third kappa shape index (κ3) is 5.02. The Labute approximate surface area is 158 Å². The van der Waals surface area contributed by atoms with Gasteiger partial charge in [0.15, 0.2) is 11.9 Å². The summed E-state index contributed by atoms with van der Waals surface area (Å²) in [6, 6.07) is 14.8. The van der Waals surface area contributed by atoms with Crippen molar-refractivity contribution in [2.75, 3.05) is 0 Å². The van der Waals surface area contributed by atoms with E-state index in [2.05, 4.69) is 4.72 Å². The highest BCUT2D eigenvalue weighted by molar-refractivity contribution is 7.89. The van der Waals surface area contributed by atoms with Gasteiger partial charge in [-0.05, 0) is 43.0 Å². The molecule has 6 nitrogen and oxygen atoms in total. The maximum Gasteiger partial charge on any atom is 0.338 e. The number of carbonyl (C=O) groups excluding carboxylic acids is 2. The minimum absolute atomic E-state index is 0.0251. The lowest BCUT2D eigenvalue weighted by molar-refractivity contribution is -0.129. The first-order valence-corrected chi connectivity index (χ1v) is 10.3. The Hall–Kier alpha value is -2.51. The van der Waals surface area contributed by atoms with Crippen LogP contribution in [0.2, 0.25) is 0 Å². The fourth-order valence-corrected chi connectivity index (χ4v) is 3.98. The first kappa shape index (κ1) is 19.3. The summed E-state index contributed by atoms with van der Waals surface area (Å²) in [6.07, 6.45) is 1.84. The van der Waals surface area contributed by atoms with Gasteiger partial charge in [0.25, 0.3) is 0 Å². The van der Waals surface area contributed by atoms with Crippen LogP contribution in [0.3, 0.4) is 0 Å². The van der Waals surface area contributed by atoms with Crippen LogP contribution in [0.1, 0.15) is 41.6 Å². The highest BCUT2D eigenvalue weighted by Crippen LogP contribution is 2.20. The quantitative estimate of drug-likeness (QED) is 0.770. The van der Waals surface area contributed by atoms with Gasteiger partial charge in [-0.3, -0.25) is 4.79 Å². The molecule has 0 aliphatic heterocycles. The number of hydrogen-bond acceptors (Lipinski definition) is 5.